The lowest BCUT2D eigenvalue weighted by Gasteiger charge is -2.37. The van der Waals surface area contributed by atoms with Crippen LogP contribution in [0.15, 0.2) is 17.8 Å². The summed E-state index contributed by atoms with van der Waals surface area (Å²) < 4.78 is 16.2. The number of aromatic nitrogens is 3. The summed E-state index contributed by atoms with van der Waals surface area (Å²) in [5.74, 6) is -1.83. The Bertz CT molecular complexity index is 1550. The average molecular weight is 744 g/mol. The van der Waals surface area contributed by atoms with Gasteiger partial charge in [0.1, 0.15) is 28.6 Å². The van der Waals surface area contributed by atoms with Crippen LogP contribution in [0.5, 0.6) is 0 Å². The van der Waals surface area contributed by atoms with Crippen molar-refractivity contribution in [2.24, 2.45) is 17.8 Å². The van der Waals surface area contributed by atoms with E-state index in [2.05, 4.69) is 25.6 Å². The Hall–Kier alpha value is -4.02. The fourth-order valence-electron chi connectivity index (χ4n) is 6.36. The third-order valence-electron chi connectivity index (χ3n) is 9.60. The van der Waals surface area contributed by atoms with Gasteiger partial charge in [-0.25, -0.2) is 15.0 Å². The van der Waals surface area contributed by atoms with Crippen molar-refractivity contribution in [2.75, 3.05) is 41.0 Å². The van der Waals surface area contributed by atoms with Crippen LogP contribution in [0.3, 0.4) is 0 Å². The van der Waals surface area contributed by atoms with Crippen LogP contribution in [0.2, 0.25) is 0 Å². The number of amides is 3. The smallest absolute Gasteiger partial charge is 0.308 e. The van der Waals surface area contributed by atoms with Crippen LogP contribution < -0.4 is 10.6 Å². The quantitative estimate of drug-likeness (QED) is 0.226. The van der Waals surface area contributed by atoms with Gasteiger partial charge in [-0.05, 0) is 50.6 Å². The van der Waals surface area contributed by atoms with E-state index in [9.17, 15) is 24.0 Å². The van der Waals surface area contributed by atoms with Crippen molar-refractivity contribution < 1.29 is 38.2 Å². The van der Waals surface area contributed by atoms with Gasteiger partial charge < -0.3 is 29.7 Å². The average Bonchev–Trinajstić information content (AvgIpc) is 3.83. The van der Waals surface area contributed by atoms with E-state index in [1.54, 1.807) is 36.6 Å². The Morgan fingerprint density at radius 1 is 1.10 bits per heavy atom. The lowest BCUT2D eigenvalue weighted by Crippen LogP contribution is -2.58. The Morgan fingerprint density at radius 3 is 2.38 bits per heavy atom. The third-order valence-corrected chi connectivity index (χ3v) is 10.5. The van der Waals surface area contributed by atoms with E-state index < -0.39 is 54.0 Å². The molecule has 16 heteroatoms. The zero-order chi connectivity index (χ0) is 38.1. The standard InChI is InChI=1S/C36H53N7O8S/c1-20(2)27(43(7)35(47)31(24-9-10-24)41-33(46)28-18-50-12-11-42(28)6)15-29(51-23(5)44)34-40-26(19-52-34)32(45)39-25(13-22(4)36(48)49-8)14-30-37-16-21(3)17-38-30/h16-17,19-20,22,24-25,27-29,31H,9-15,18H2,1-8H3,(H,39,45)(H,41,46)/t22-,25+,27+,28+,29+,31-/m0/s1. The van der Waals surface area contributed by atoms with Crippen LogP contribution in [-0.4, -0.2) is 120 Å². The van der Waals surface area contributed by atoms with Crippen molar-refractivity contribution in [2.45, 2.75) is 97.0 Å². The third kappa shape index (κ3) is 11.2. The number of aryl methyl sites for hydroxylation is 1. The minimum Gasteiger partial charge on any atom is -0.469 e. The van der Waals surface area contributed by atoms with Crippen LogP contribution in [0.4, 0.5) is 0 Å². The van der Waals surface area contributed by atoms with Gasteiger partial charge in [-0.1, -0.05) is 20.8 Å². The first-order chi connectivity index (χ1) is 24.7. The number of methoxy groups -OCH3 is 1. The second-order valence-corrected chi connectivity index (χ2v) is 15.2. The molecule has 52 heavy (non-hydrogen) atoms. The molecule has 0 bridgehead atoms. The molecule has 1 aliphatic carbocycles. The van der Waals surface area contributed by atoms with Gasteiger partial charge >= 0.3 is 11.9 Å². The molecular formula is C36H53N7O8S. The highest BCUT2D eigenvalue weighted by molar-refractivity contribution is 7.09. The number of morpholine rings is 1. The molecule has 0 spiro atoms. The minimum atomic E-state index is -0.843. The molecule has 15 nitrogen and oxygen atoms in total. The van der Waals surface area contributed by atoms with Crippen molar-refractivity contribution in [3.05, 3.63) is 39.9 Å². The van der Waals surface area contributed by atoms with Gasteiger partial charge in [0.25, 0.3) is 5.91 Å². The predicted octanol–water partition coefficient (Wildman–Crippen LogP) is 2.48. The molecule has 0 aromatic carbocycles. The second-order valence-electron chi connectivity index (χ2n) is 14.3. The van der Waals surface area contributed by atoms with E-state index in [1.165, 1.54) is 25.4 Å². The molecule has 2 aliphatic rings. The first-order valence-electron chi connectivity index (χ1n) is 17.8. The summed E-state index contributed by atoms with van der Waals surface area (Å²) in [5.41, 5.74) is 1.02. The molecule has 2 aromatic rings. The lowest BCUT2D eigenvalue weighted by atomic mass is 9.95. The Balaban J connectivity index is 1.49. The molecule has 4 rings (SSSR count). The summed E-state index contributed by atoms with van der Waals surface area (Å²) in [5, 5.41) is 7.98. The molecule has 3 heterocycles. The molecule has 1 saturated carbocycles. The molecule has 0 unspecified atom stereocenters. The van der Waals surface area contributed by atoms with Gasteiger partial charge in [-0.15, -0.1) is 11.3 Å². The van der Waals surface area contributed by atoms with E-state index in [4.69, 9.17) is 14.2 Å². The Labute approximate surface area is 309 Å². The number of thiazole rings is 1. The summed E-state index contributed by atoms with van der Waals surface area (Å²) in [6, 6.07) is -2.05. The molecule has 1 aliphatic heterocycles. The summed E-state index contributed by atoms with van der Waals surface area (Å²) in [7, 11) is 4.90. The van der Waals surface area contributed by atoms with Crippen LogP contribution in [0.25, 0.3) is 0 Å². The molecular weight excluding hydrogens is 691 g/mol. The number of ether oxygens (including phenoxy) is 3. The molecule has 286 valence electrons. The van der Waals surface area contributed by atoms with Crippen molar-refractivity contribution in [1.82, 2.24) is 35.4 Å². The minimum absolute atomic E-state index is 0.0443. The van der Waals surface area contributed by atoms with Gasteiger partial charge in [0.15, 0.2) is 6.10 Å². The summed E-state index contributed by atoms with van der Waals surface area (Å²) in [6.45, 7) is 10.3. The number of likely N-dealkylation sites (N-methyl/N-ethyl adjacent to an activating group) is 2. The van der Waals surface area contributed by atoms with E-state index >= 15 is 0 Å². The number of carbonyl (C=O) groups is 5. The van der Waals surface area contributed by atoms with Crippen LogP contribution in [0.1, 0.15) is 86.4 Å². The normalized spacial score (nSPS) is 19.1. The first-order valence-corrected chi connectivity index (χ1v) is 18.7. The molecule has 2 fully saturated rings. The van der Waals surface area contributed by atoms with Gasteiger partial charge in [-0.3, -0.25) is 28.9 Å². The molecule has 3 amide bonds. The van der Waals surface area contributed by atoms with Crippen LogP contribution in [0, 0.1) is 24.7 Å². The number of nitrogens with one attached hydrogen (secondary N) is 2. The maximum Gasteiger partial charge on any atom is 0.308 e. The first kappa shape index (κ1) is 40.7. The summed E-state index contributed by atoms with van der Waals surface area (Å²) in [4.78, 5) is 82.3. The number of esters is 2. The van der Waals surface area contributed by atoms with E-state index in [0.717, 1.165) is 18.4 Å². The summed E-state index contributed by atoms with van der Waals surface area (Å²) >= 11 is 1.18. The number of rotatable bonds is 17. The number of nitrogens with zero attached hydrogens (tertiary/aromatic N) is 5. The SMILES string of the molecule is COC(=O)[C@@H](C)C[C@H](Cc1ncc(C)cn1)NC(=O)c1csc([C@@H](C[C@H](C(C)C)N(C)C(=O)[C@@H](NC(=O)[C@H]2COCCN2C)C2CC2)OC(C)=O)n1. The van der Waals surface area contributed by atoms with Crippen molar-refractivity contribution in [3.8, 4) is 0 Å². The number of carbonyl (C=O) groups excluding carboxylic acids is 5. The number of hydrogen-bond acceptors (Lipinski definition) is 13. The largest absolute Gasteiger partial charge is 0.469 e. The van der Waals surface area contributed by atoms with E-state index in [-0.39, 0.29) is 55.2 Å². The van der Waals surface area contributed by atoms with E-state index in [0.29, 0.717) is 24.0 Å². The molecule has 1 saturated heterocycles. The topological polar surface area (TPSA) is 182 Å². The zero-order valence-corrected chi connectivity index (χ0v) is 32.2. The fourth-order valence-corrected chi connectivity index (χ4v) is 7.20. The van der Waals surface area contributed by atoms with Crippen LogP contribution in [-0.2, 0) is 39.8 Å². The second kappa shape index (κ2) is 18.6. The number of hydrogen-bond donors (Lipinski definition) is 2. The highest BCUT2D eigenvalue weighted by Crippen LogP contribution is 2.35. The van der Waals surface area contributed by atoms with Crippen molar-refractivity contribution in [3.63, 3.8) is 0 Å². The zero-order valence-electron chi connectivity index (χ0n) is 31.4. The van der Waals surface area contributed by atoms with Crippen LogP contribution >= 0.6 is 11.3 Å². The molecule has 6 atom stereocenters. The van der Waals surface area contributed by atoms with Gasteiger partial charge in [0, 0.05) is 63.2 Å². The van der Waals surface area contributed by atoms with Crippen molar-refractivity contribution >= 4 is 41.0 Å². The Kier molecular flexibility index (Phi) is 14.6. The predicted molar refractivity (Wildman–Crippen MR) is 192 cm³/mol. The highest BCUT2D eigenvalue weighted by Gasteiger charge is 2.42. The lowest BCUT2D eigenvalue weighted by molar-refractivity contribution is -0.149. The Morgan fingerprint density at radius 2 is 1.79 bits per heavy atom. The van der Waals surface area contributed by atoms with Gasteiger partial charge in [0.05, 0.1) is 26.2 Å². The summed E-state index contributed by atoms with van der Waals surface area (Å²) in [6.07, 6.45) is 5.01. The molecule has 2 aromatic heterocycles. The maximum absolute atomic E-state index is 14.0. The van der Waals surface area contributed by atoms with Gasteiger partial charge in [-0.2, -0.15) is 0 Å². The highest BCUT2D eigenvalue weighted by atomic mass is 32.1. The fraction of sp³-hybridized carbons (Fsp3) is 0.667. The maximum atomic E-state index is 14.0. The van der Waals surface area contributed by atoms with E-state index in [1.807, 2.05) is 32.7 Å². The van der Waals surface area contributed by atoms with Gasteiger partial charge in [0.2, 0.25) is 11.8 Å². The molecule has 0 radical (unpaired) electrons. The van der Waals surface area contributed by atoms with Crippen molar-refractivity contribution in [1.29, 1.82) is 0 Å². The molecule has 2 N–H and O–H groups in total. The monoisotopic (exact) mass is 743 g/mol.